The van der Waals surface area contributed by atoms with Gasteiger partial charge in [-0.1, -0.05) is 0 Å². The molecule has 0 N–H and O–H groups in total. The quantitative estimate of drug-likeness (QED) is 0.189. The summed E-state index contributed by atoms with van der Waals surface area (Å²) < 4.78 is 4.14. The number of allylic oxidation sites excluding steroid dienone is 4. The Balaban J connectivity index is 0.00000281. The molecule has 5 heteroatoms. The molecule has 0 amide bonds. The van der Waals surface area contributed by atoms with Crippen LogP contribution in [-0.4, -0.2) is 19.4 Å². The normalized spacial score (nSPS) is 14.6. The molecule has 1 unspecified atom stereocenters. The van der Waals surface area contributed by atoms with Crippen molar-refractivity contribution < 1.29 is 46.1 Å². The number of halogens is 2. The number of hydrogen-bond acceptors (Lipinski definition) is 0. The molecule has 262 valence electrons. The van der Waals surface area contributed by atoms with Crippen LogP contribution in [-0.2, 0) is 40.5 Å². The first-order valence-corrected chi connectivity index (χ1v) is 29.2. The minimum absolute atomic E-state index is 0. The average molecular weight is 815 g/mol. The zero-order valence-electron chi connectivity index (χ0n) is 31.8. The van der Waals surface area contributed by atoms with E-state index in [4.69, 9.17) is 0 Å². The largest absolute Gasteiger partial charge is 1.00 e. The topological polar surface area (TPSA) is 0 Å². The van der Waals surface area contributed by atoms with Crippen LogP contribution in [0, 0.1) is 13.8 Å². The van der Waals surface area contributed by atoms with Crippen LogP contribution in [0.25, 0.3) is 11.1 Å². The van der Waals surface area contributed by atoms with Gasteiger partial charge in [0.2, 0.25) is 0 Å². The Bertz CT molecular complexity index is 1870. The Morgan fingerprint density at radius 3 is 1.80 bits per heavy atom. The van der Waals surface area contributed by atoms with E-state index in [9.17, 15) is 0 Å². The van der Waals surface area contributed by atoms with Crippen molar-refractivity contribution in [2.45, 2.75) is 102 Å². The van der Waals surface area contributed by atoms with Crippen LogP contribution in [0.3, 0.4) is 0 Å². The van der Waals surface area contributed by atoms with E-state index in [-0.39, 0.29) is 24.8 Å². The van der Waals surface area contributed by atoms with Crippen molar-refractivity contribution in [3.63, 3.8) is 0 Å². The first-order chi connectivity index (χ1) is 22.9. The molecule has 4 aromatic carbocycles. The summed E-state index contributed by atoms with van der Waals surface area (Å²) in [6.45, 7) is 22.6. The molecule has 50 heavy (non-hydrogen) atoms. The Labute approximate surface area is 325 Å². The summed E-state index contributed by atoms with van der Waals surface area (Å²) in [5.74, 6) is 0. The van der Waals surface area contributed by atoms with E-state index in [0.29, 0.717) is 3.63 Å². The van der Waals surface area contributed by atoms with Crippen molar-refractivity contribution in [3.8, 4) is 11.1 Å². The number of hydrogen-bond donors (Lipinski definition) is 0. The average Bonchev–Trinajstić information content (AvgIpc) is 3.67. The summed E-state index contributed by atoms with van der Waals surface area (Å²) in [5.41, 5.74) is 14.4. The summed E-state index contributed by atoms with van der Waals surface area (Å²) in [4.78, 5) is 0. The van der Waals surface area contributed by atoms with Gasteiger partial charge in [-0.15, -0.1) is 0 Å². The second kappa shape index (κ2) is 16.9. The molecular weight excluding hydrogens is 759 g/mol. The molecule has 0 saturated carbocycles. The maximum Gasteiger partial charge on any atom is -1.00 e. The molecule has 0 bridgehead atoms. The third-order valence-electron chi connectivity index (χ3n) is 10.8. The van der Waals surface area contributed by atoms with Crippen LogP contribution in [0.2, 0.25) is 39.3 Å². The molecular formula is C45H56Cl2Si2Zr. The SMILES string of the molecule is CCCCc1c(C)c([Si](C)(C)C)cc2c1[CH]([Zr+2]([C]1=CC=CC1)=[C](Cc1ccccc1)Cc1ccccc1)c1cc(C)c([Si](C)(C)C)cc1-2.[Cl-].[Cl-]. The molecule has 0 aromatic heterocycles. The molecule has 1 atom stereocenters. The van der Waals surface area contributed by atoms with E-state index < -0.39 is 37.4 Å². The van der Waals surface area contributed by atoms with Gasteiger partial charge in [-0.2, -0.15) is 0 Å². The molecule has 0 spiro atoms. The zero-order chi connectivity index (χ0) is 34.2. The number of benzene rings is 4. The Kier molecular flexibility index (Phi) is 13.8. The molecule has 0 aliphatic heterocycles. The fourth-order valence-corrected chi connectivity index (χ4v) is 21.6. The van der Waals surface area contributed by atoms with E-state index in [2.05, 4.69) is 157 Å². The van der Waals surface area contributed by atoms with Gasteiger partial charge in [0.05, 0.1) is 0 Å². The second-order valence-electron chi connectivity index (χ2n) is 16.4. The molecule has 0 nitrogen and oxygen atoms in total. The van der Waals surface area contributed by atoms with Crippen molar-refractivity contribution >= 4 is 29.7 Å². The van der Waals surface area contributed by atoms with Gasteiger partial charge in [0, 0.05) is 0 Å². The summed E-state index contributed by atoms with van der Waals surface area (Å²) in [7, 11) is -3.11. The number of fused-ring (bicyclic) bond motifs is 3. The summed E-state index contributed by atoms with van der Waals surface area (Å²) in [6.07, 6.45) is 14.4. The Morgan fingerprint density at radius 1 is 0.740 bits per heavy atom. The predicted molar refractivity (Wildman–Crippen MR) is 215 cm³/mol. The third-order valence-corrected chi connectivity index (χ3v) is 23.3. The number of unbranched alkanes of at least 4 members (excludes halogenated alkanes) is 1. The van der Waals surface area contributed by atoms with Gasteiger partial charge in [0.25, 0.3) is 0 Å². The molecule has 0 radical (unpaired) electrons. The number of aryl methyl sites for hydroxylation is 1. The smallest absolute Gasteiger partial charge is 1.00 e. The first-order valence-electron chi connectivity index (χ1n) is 18.4. The molecule has 0 fully saturated rings. The molecule has 0 heterocycles. The Hall–Kier alpha value is -1.87. The first kappa shape index (κ1) is 40.9. The van der Waals surface area contributed by atoms with E-state index >= 15 is 0 Å². The van der Waals surface area contributed by atoms with Gasteiger partial charge >= 0.3 is 304 Å². The number of rotatable bonds is 11. The van der Waals surface area contributed by atoms with Gasteiger partial charge in [0.1, 0.15) is 0 Å². The van der Waals surface area contributed by atoms with Crippen LogP contribution in [0.4, 0.5) is 0 Å². The van der Waals surface area contributed by atoms with Crippen LogP contribution in [0.15, 0.2) is 100 Å². The molecule has 4 aromatic rings. The van der Waals surface area contributed by atoms with Gasteiger partial charge in [0.15, 0.2) is 0 Å². The maximum absolute atomic E-state index is 2.73. The van der Waals surface area contributed by atoms with E-state index in [1.54, 1.807) is 47.0 Å². The van der Waals surface area contributed by atoms with Crippen molar-refractivity contribution in [2.75, 3.05) is 0 Å². The molecule has 6 rings (SSSR count). The fourth-order valence-electron chi connectivity index (χ4n) is 8.53. The second-order valence-corrected chi connectivity index (χ2v) is 33.3. The zero-order valence-corrected chi connectivity index (χ0v) is 37.8. The summed E-state index contributed by atoms with van der Waals surface area (Å²) in [6, 6.07) is 30.9. The van der Waals surface area contributed by atoms with Crippen molar-refractivity contribution in [3.05, 3.63) is 139 Å². The summed E-state index contributed by atoms with van der Waals surface area (Å²) in [5, 5.41) is 3.32. The molecule has 0 saturated heterocycles. The van der Waals surface area contributed by atoms with Crippen LogP contribution >= 0.6 is 0 Å². The third kappa shape index (κ3) is 8.50. The van der Waals surface area contributed by atoms with E-state index in [1.165, 1.54) is 36.0 Å². The van der Waals surface area contributed by atoms with Crippen molar-refractivity contribution in [2.24, 2.45) is 0 Å². The van der Waals surface area contributed by atoms with Gasteiger partial charge in [-0.25, -0.2) is 0 Å². The van der Waals surface area contributed by atoms with Crippen LogP contribution in [0.5, 0.6) is 0 Å². The van der Waals surface area contributed by atoms with Crippen molar-refractivity contribution in [1.29, 1.82) is 0 Å². The van der Waals surface area contributed by atoms with Crippen LogP contribution < -0.4 is 35.2 Å². The fraction of sp³-hybridized carbons (Fsp3) is 0.356. The van der Waals surface area contributed by atoms with E-state index in [1.807, 2.05) is 3.21 Å². The van der Waals surface area contributed by atoms with Crippen LogP contribution in [0.1, 0.15) is 68.8 Å². The minimum atomic E-state index is -2.61. The monoisotopic (exact) mass is 812 g/mol. The Morgan fingerprint density at radius 2 is 1.30 bits per heavy atom. The molecule has 2 aliphatic rings. The standard InChI is InChI=1S/C25H37Si2.C15H14.C5H5.2ClH.Zr/c1-10-11-12-20-18(3)25(27(7,8)9)16-23-21-15-24(26(4,5)6)17(2)13-19(21)14-22(20)23;1-3-8-14(9-4-1)12-7-13-15-10-5-2-6-11-15;1-2-4-5-3-1;;;/h13-16H,10-12H2,1-9H3;1-6,8-11H,12-13H2;1-3H,4H2;2*1H;/q;;;;;+2/p-2. The van der Waals surface area contributed by atoms with E-state index in [0.717, 1.165) is 19.3 Å². The van der Waals surface area contributed by atoms with Crippen molar-refractivity contribution in [1.82, 2.24) is 0 Å². The minimum Gasteiger partial charge on any atom is -1.00 e. The maximum atomic E-state index is 2.73. The molecule has 2 aliphatic carbocycles. The van der Waals surface area contributed by atoms with Gasteiger partial charge < -0.3 is 24.8 Å². The van der Waals surface area contributed by atoms with Gasteiger partial charge in [-0.05, 0) is 0 Å². The predicted octanol–water partition coefficient (Wildman–Crippen LogP) is 4.93. The van der Waals surface area contributed by atoms with Gasteiger partial charge in [-0.3, -0.25) is 0 Å². The summed E-state index contributed by atoms with van der Waals surface area (Å²) >= 11 is -2.61.